The van der Waals surface area contributed by atoms with Crippen LogP contribution in [0, 0.1) is 11.3 Å². The van der Waals surface area contributed by atoms with Gasteiger partial charge >= 0.3 is 5.97 Å². The summed E-state index contributed by atoms with van der Waals surface area (Å²) in [5.74, 6) is -1.28. The Morgan fingerprint density at radius 1 is 1.29 bits per heavy atom. The second-order valence-corrected chi connectivity index (χ2v) is 9.59. The van der Waals surface area contributed by atoms with E-state index in [2.05, 4.69) is 9.71 Å². The molecule has 2 heterocycles. The van der Waals surface area contributed by atoms with E-state index in [4.69, 9.17) is 10.00 Å². The molecule has 11 heteroatoms. The van der Waals surface area contributed by atoms with Gasteiger partial charge in [0.15, 0.2) is 11.3 Å². The first-order valence-electron chi connectivity index (χ1n) is 9.20. The molecule has 2 aromatic carbocycles. The number of sulfonamides is 1. The fourth-order valence-electron chi connectivity index (χ4n) is 3.05. The van der Waals surface area contributed by atoms with Crippen LogP contribution in [0.25, 0.3) is 0 Å². The number of hydrogen-bond donors (Lipinski definition) is 1. The average molecular weight is 457 g/mol. The number of fused-ring (bicyclic) bond motifs is 3. The number of carbonyl (C=O) groups excluding carboxylic acids is 2. The largest absolute Gasteiger partial charge is 0.449 e. The van der Waals surface area contributed by atoms with Crippen LogP contribution in [-0.4, -0.2) is 43.9 Å². The first-order chi connectivity index (χ1) is 14.8. The highest BCUT2D eigenvalue weighted by Gasteiger charge is 2.33. The maximum absolute atomic E-state index is 12.5. The predicted molar refractivity (Wildman–Crippen MR) is 116 cm³/mol. The molecule has 0 saturated heterocycles. The Hall–Kier alpha value is -3.36. The Morgan fingerprint density at radius 3 is 2.87 bits per heavy atom. The molecule has 0 fully saturated rings. The van der Waals surface area contributed by atoms with Crippen LogP contribution in [0.3, 0.4) is 0 Å². The van der Waals surface area contributed by atoms with Crippen molar-refractivity contribution in [1.82, 2.24) is 0 Å². The summed E-state index contributed by atoms with van der Waals surface area (Å²) in [7, 11) is -3.47. The molecule has 4 rings (SSSR count). The molecule has 0 aliphatic carbocycles. The Morgan fingerprint density at radius 2 is 2.10 bits per heavy atom. The summed E-state index contributed by atoms with van der Waals surface area (Å²) in [4.78, 5) is 27.4. The van der Waals surface area contributed by atoms with Gasteiger partial charge in [0.05, 0.1) is 28.6 Å². The van der Waals surface area contributed by atoms with E-state index in [9.17, 15) is 18.0 Å². The molecular formula is C20H16N4O5S2. The summed E-state index contributed by atoms with van der Waals surface area (Å²) >= 11 is 1.17. The van der Waals surface area contributed by atoms with Crippen molar-refractivity contribution in [2.45, 2.75) is 17.9 Å². The molecule has 1 N–H and O–H groups in total. The number of esters is 1. The van der Waals surface area contributed by atoms with Crippen molar-refractivity contribution in [1.29, 1.82) is 5.26 Å². The fraction of sp³-hybridized carbons (Fsp3) is 0.200. The molecule has 158 valence electrons. The molecule has 1 amide bonds. The van der Waals surface area contributed by atoms with Crippen molar-refractivity contribution in [3.63, 3.8) is 0 Å². The van der Waals surface area contributed by atoms with Gasteiger partial charge in [0, 0.05) is 17.1 Å². The fourth-order valence-corrected chi connectivity index (χ4v) is 5.35. The molecule has 1 unspecified atom stereocenters. The van der Waals surface area contributed by atoms with E-state index in [-0.39, 0.29) is 11.3 Å². The minimum atomic E-state index is -3.47. The Labute approximate surface area is 182 Å². The van der Waals surface area contributed by atoms with Gasteiger partial charge in [0.25, 0.3) is 15.9 Å². The van der Waals surface area contributed by atoms with E-state index >= 15 is 0 Å². The van der Waals surface area contributed by atoms with E-state index in [1.807, 2.05) is 6.07 Å². The molecule has 0 saturated carbocycles. The van der Waals surface area contributed by atoms with E-state index in [1.54, 1.807) is 41.3 Å². The van der Waals surface area contributed by atoms with Crippen molar-refractivity contribution in [2.75, 3.05) is 22.5 Å². The minimum Gasteiger partial charge on any atom is -0.449 e. The van der Waals surface area contributed by atoms with Gasteiger partial charge < -0.3 is 15.0 Å². The van der Waals surface area contributed by atoms with Crippen molar-refractivity contribution >= 4 is 50.2 Å². The van der Waals surface area contributed by atoms with Gasteiger partial charge in [-0.2, -0.15) is 5.26 Å². The second kappa shape index (κ2) is 8.05. The van der Waals surface area contributed by atoms with Crippen LogP contribution in [0.1, 0.15) is 22.8 Å². The number of rotatable bonds is 4. The topological polar surface area (TPSA) is 129 Å². The molecule has 2 aromatic rings. The normalized spacial score (nSPS) is 16.9. The Balaban J connectivity index is 1.44. The van der Waals surface area contributed by atoms with Crippen molar-refractivity contribution in [3.05, 3.63) is 53.6 Å². The predicted octanol–water partition coefficient (Wildman–Crippen LogP) is 2.35. The zero-order valence-corrected chi connectivity index (χ0v) is 17.9. The average Bonchev–Trinajstić information content (AvgIpc) is 3.08. The van der Waals surface area contributed by atoms with E-state index in [1.165, 1.54) is 24.8 Å². The SMILES string of the molecule is CC(OC(=O)c1ccc2c(c1)SC1=NS(=O)(=O)CCN12)C(=O)Nc1cccc(C#N)c1. The molecule has 2 aliphatic heterocycles. The molecule has 2 aliphatic rings. The number of anilines is 2. The van der Waals surface area contributed by atoms with Crippen molar-refractivity contribution < 1.29 is 22.7 Å². The number of thioether (sulfide) groups is 1. The quantitative estimate of drug-likeness (QED) is 0.694. The van der Waals surface area contributed by atoms with E-state index < -0.39 is 28.0 Å². The van der Waals surface area contributed by atoms with E-state index in [0.29, 0.717) is 27.9 Å². The van der Waals surface area contributed by atoms with Gasteiger partial charge in [-0.3, -0.25) is 4.79 Å². The monoisotopic (exact) mass is 456 g/mol. The molecule has 0 spiro atoms. The number of amidine groups is 1. The van der Waals surface area contributed by atoms with Crippen LogP contribution in [-0.2, 0) is 19.6 Å². The number of hydrogen-bond acceptors (Lipinski definition) is 8. The van der Waals surface area contributed by atoms with Gasteiger partial charge in [-0.05, 0) is 55.1 Å². The van der Waals surface area contributed by atoms with Crippen molar-refractivity contribution in [2.24, 2.45) is 4.40 Å². The maximum Gasteiger partial charge on any atom is 0.338 e. The second-order valence-electron chi connectivity index (χ2n) is 6.83. The van der Waals surface area contributed by atoms with Gasteiger partial charge in [-0.15, -0.1) is 4.40 Å². The summed E-state index contributed by atoms with van der Waals surface area (Å²) in [5.41, 5.74) is 1.83. The third-order valence-corrected chi connectivity index (χ3v) is 6.93. The summed E-state index contributed by atoms with van der Waals surface area (Å²) in [6.07, 6.45) is -1.07. The molecule has 0 aromatic heterocycles. The number of nitrogens with zero attached hydrogens (tertiary/aromatic N) is 3. The molecular weight excluding hydrogens is 440 g/mol. The number of nitriles is 1. The lowest BCUT2D eigenvalue weighted by Gasteiger charge is -2.22. The molecule has 1 atom stereocenters. The number of ether oxygens (including phenoxy) is 1. The number of nitrogens with one attached hydrogen (secondary N) is 1. The highest BCUT2D eigenvalue weighted by molar-refractivity contribution is 8.15. The summed E-state index contributed by atoms with van der Waals surface area (Å²) in [6, 6.07) is 13.2. The zero-order valence-electron chi connectivity index (χ0n) is 16.2. The first-order valence-corrected chi connectivity index (χ1v) is 11.6. The third kappa shape index (κ3) is 4.40. The number of benzene rings is 2. The molecule has 9 nitrogen and oxygen atoms in total. The van der Waals surface area contributed by atoms with E-state index in [0.717, 1.165) is 5.69 Å². The van der Waals surface area contributed by atoms with Gasteiger partial charge in [0.2, 0.25) is 0 Å². The third-order valence-electron chi connectivity index (χ3n) is 4.62. The lowest BCUT2D eigenvalue weighted by molar-refractivity contribution is -0.123. The van der Waals surface area contributed by atoms with Gasteiger partial charge in [0.1, 0.15) is 0 Å². The van der Waals surface area contributed by atoms with Gasteiger partial charge in [-0.25, -0.2) is 13.2 Å². The lowest BCUT2D eigenvalue weighted by atomic mass is 10.2. The highest BCUT2D eigenvalue weighted by Crippen LogP contribution is 2.42. The minimum absolute atomic E-state index is 0.0653. The first kappa shape index (κ1) is 20.9. The highest BCUT2D eigenvalue weighted by atomic mass is 32.2. The van der Waals surface area contributed by atoms with Crippen LogP contribution < -0.4 is 10.2 Å². The molecule has 31 heavy (non-hydrogen) atoms. The van der Waals surface area contributed by atoms with Crippen LogP contribution in [0.15, 0.2) is 51.8 Å². The number of carbonyl (C=O) groups is 2. The van der Waals surface area contributed by atoms with Crippen LogP contribution in [0.5, 0.6) is 0 Å². The smallest absolute Gasteiger partial charge is 0.338 e. The van der Waals surface area contributed by atoms with Crippen LogP contribution >= 0.6 is 11.8 Å². The lowest BCUT2D eigenvalue weighted by Crippen LogP contribution is -2.35. The zero-order chi connectivity index (χ0) is 22.2. The number of amides is 1. The Bertz CT molecular complexity index is 1270. The Kier molecular flexibility index (Phi) is 5.43. The van der Waals surface area contributed by atoms with Crippen molar-refractivity contribution in [3.8, 4) is 6.07 Å². The standard InChI is InChI=1S/C20H16N4O5S2/c1-12(18(25)22-15-4-2-3-13(9-15)11-21)29-19(26)14-5-6-16-17(10-14)30-20-23-31(27,28)8-7-24(16)20/h2-6,9-10,12H,7-8H2,1H3,(H,22,25). The molecule has 0 bridgehead atoms. The molecule has 0 radical (unpaired) electrons. The van der Waals surface area contributed by atoms with Crippen LogP contribution in [0.4, 0.5) is 11.4 Å². The maximum atomic E-state index is 12.5. The summed E-state index contributed by atoms with van der Waals surface area (Å²) in [6.45, 7) is 1.75. The van der Waals surface area contributed by atoms with Crippen LogP contribution in [0.2, 0.25) is 0 Å². The summed E-state index contributed by atoms with van der Waals surface area (Å²) < 4.78 is 32.5. The van der Waals surface area contributed by atoms with Gasteiger partial charge in [-0.1, -0.05) is 6.07 Å². The summed E-state index contributed by atoms with van der Waals surface area (Å²) in [5, 5.41) is 11.9.